The quantitative estimate of drug-likeness (QED) is 0.492. The lowest BCUT2D eigenvalue weighted by Crippen LogP contribution is -2.47. The van der Waals surface area contributed by atoms with E-state index in [4.69, 9.17) is 0 Å². The van der Waals surface area contributed by atoms with Crippen LogP contribution in [0.5, 0.6) is 0 Å². The Morgan fingerprint density at radius 1 is 1.19 bits per heavy atom. The second-order valence-corrected chi connectivity index (χ2v) is 5.28. The van der Waals surface area contributed by atoms with Crippen molar-refractivity contribution in [3.05, 3.63) is 0 Å². The van der Waals surface area contributed by atoms with E-state index in [-0.39, 0.29) is 0 Å². The molecule has 0 aromatic carbocycles. The molecule has 0 aromatic heterocycles. The Hall–Kier alpha value is -0.200. The largest absolute Gasteiger partial charge is 0.390 e. The second kappa shape index (κ2) is 7.19. The van der Waals surface area contributed by atoms with E-state index in [1.807, 2.05) is 38.0 Å². The number of likely N-dealkylation sites (N-methyl/N-ethyl adjacent to an activating group) is 2. The molecule has 3 N–H and O–H groups in total. The van der Waals surface area contributed by atoms with Crippen LogP contribution in [-0.4, -0.2) is 86.1 Å². The zero-order valence-corrected chi connectivity index (χ0v) is 11.2. The van der Waals surface area contributed by atoms with Crippen LogP contribution in [0.4, 0.5) is 0 Å². The van der Waals surface area contributed by atoms with Gasteiger partial charge in [-0.3, -0.25) is 0 Å². The molecule has 0 aliphatic carbocycles. The van der Waals surface area contributed by atoms with Gasteiger partial charge in [0.05, 0.1) is 11.7 Å². The third kappa shape index (κ3) is 9.06. The van der Waals surface area contributed by atoms with Crippen molar-refractivity contribution in [3.8, 4) is 0 Å². The topological polar surface area (TPSA) is 59.0 Å². The lowest BCUT2D eigenvalue weighted by molar-refractivity contribution is 0.0300. The molecular formula is C11H27N3O2. The third-order valence-corrected chi connectivity index (χ3v) is 2.12. The van der Waals surface area contributed by atoms with E-state index < -0.39 is 11.7 Å². The highest BCUT2D eigenvalue weighted by Gasteiger charge is 2.21. The summed E-state index contributed by atoms with van der Waals surface area (Å²) in [5.74, 6) is 0. The van der Waals surface area contributed by atoms with Gasteiger partial charge in [-0.15, -0.1) is 0 Å². The number of nitrogens with one attached hydrogen (secondary N) is 1. The zero-order valence-electron chi connectivity index (χ0n) is 11.2. The van der Waals surface area contributed by atoms with Crippen LogP contribution in [0.1, 0.15) is 6.92 Å². The van der Waals surface area contributed by atoms with Crippen LogP contribution in [0.25, 0.3) is 0 Å². The van der Waals surface area contributed by atoms with Gasteiger partial charge in [0.25, 0.3) is 0 Å². The Balaban J connectivity index is 3.71. The Morgan fingerprint density at radius 2 is 1.75 bits per heavy atom. The Bertz CT molecular complexity index is 184. The average molecular weight is 233 g/mol. The fourth-order valence-electron chi connectivity index (χ4n) is 1.73. The fourth-order valence-corrected chi connectivity index (χ4v) is 1.73. The second-order valence-electron chi connectivity index (χ2n) is 5.28. The summed E-state index contributed by atoms with van der Waals surface area (Å²) in [6, 6.07) is 0. The Kier molecular flexibility index (Phi) is 7.10. The van der Waals surface area contributed by atoms with Crippen molar-refractivity contribution < 1.29 is 10.2 Å². The van der Waals surface area contributed by atoms with Crippen LogP contribution in [0.2, 0.25) is 0 Å². The minimum atomic E-state index is -0.763. The molecule has 0 heterocycles. The van der Waals surface area contributed by atoms with Crippen molar-refractivity contribution >= 4 is 0 Å². The molecule has 16 heavy (non-hydrogen) atoms. The lowest BCUT2D eigenvalue weighted by Gasteiger charge is -2.28. The highest BCUT2D eigenvalue weighted by Crippen LogP contribution is 2.02. The summed E-state index contributed by atoms with van der Waals surface area (Å²) in [5.41, 5.74) is -0.763. The predicted octanol–water partition coefficient (Wildman–Crippen LogP) is -1.19. The molecule has 2 unspecified atom stereocenters. The van der Waals surface area contributed by atoms with E-state index in [0.29, 0.717) is 26.2 Å². The minimum absolute atomic E-state index is 0.398. The first-order valence-corrected chi connectivity index (χ1v) is 5.63. The van der Waals surface area contributed by atoms with Crippen molar-refractivity contribution in [2.75, 3.05) is 54.4 Å². The van der Waals surface area contributed by atoms with E-state index in [9.17, 15) is 10.2 Å². The van der Waals surface area contributed by atoms with Gasteiger partial charge in [-0.1, -0.05) is 0 Å². The van der Waals surface area contributed by atoms with Crippen molar-refractivity contribution in [1.82, 2.24) is 15.1 Å². The van der Waals surface area contributed by atoms with Gasteiger partial charge in [0.2, 0.25) is 0 Å². The maximum atomic E-state index is 9.98. The highest BCUT2D eigenvalue weighted by molar-refractivity contribution is 4.78. The maximum Gasteiger partial charge on any atom is 0.0869 e. The summed E-state index contributed by atoms with van der Waals surface area (Å²) in [7, 11) is 7.70. The van der Waals surface area contributed by atoms with Gasteiger partial charge in [-0.05, 0) is 35.1 Å². The third-order valence-electron chi connectivity index (χ3n) is 2.12. The SMILES string of the molecule is CN(C)CC(O)CNCC(C)(O)CN(C)C. The minimum Gasteiger partial charge on any atom is -0.390 e. The van der Waals surface area contributed by atoms with Crippen LogP contribution in [0.3, 0.4) is 0 Å². The molecule has 0 aliphatic heterocycles. The summed E-state index contributed by atoms with van der Waals surface area (Å²) in [5, 5.41) is 22.7. The lowest BCUT2D eigenvalue weighted by atomic mass is 10.1. The monoisotopic (exact) mass is 233 g/mol. The maximum absolute atomic E-state index is 9.98. The molecule has 5 nitrogen and oxygen atoms in total. The van der Waals surface area contributed by atoms with E-state index in [0.717, 1.165) is 0 Å². The zero-order chi connectivity index (χ0) is 12.8. The van der Waals surface area contributed by atoms with Crippen molar-refractivity contribution in [3.63, 3.8) is 0 Å². The molecule has 0 fully saturated rings. The van der Waals surface area contributed by atoms with E-state index >= 15 is 0 Å². The van der Waals surface area contributed by atoms with Gasteiger partial charge in [0.1, 0.15) is 0 Å². The number of hydrogen-bond acceptors (Lipinski definition) is 5. The average Bonchev–Trinajstić information content (AvgIpc) is 1.98. The van der Waals surface area contributed by atoms with Gasteiger partial charge < -0.3 is 25.3 Å². The van der Waals surface area contributed by atoms with Crippen molar-refractivity contribution in [2.45, 2.75) is 18.6 Å². The summed E-state index contributed by atoms with van der Waals surface area (Å²) < 4.78 is 0. The highest BCUT2D eigenvalue weighted by atomic mass is 16.3. The number of aliphatic hydroxyl groups is 2. The molecule has 0 saturated carbocycles. The molecule has 0 rings (SSSR count). The predicted molar refractivity (Wildman–Crippen MR) is 66.6 cm³/mol. The normalized spacial score (nSPS) is 17.8. The van der Waals surface area contributed by atoms with Crippen LogP contribution in [-0.2, 0) is 0 Å². The molecule has 5 heteroatoms. The first-order chi connectivity index (χ1) is 7.23. The van der Waals surface area contributed by atoms with Crippen LogP contribution < -0.4 is 5.32 Å². The Labute approximate surface area is 99.0 Å². The van der Waals surface area contributed by atoms with Gasteiger partial charge >= 0.3 is 0 Å². The smallest absolute Gasteiger partial charge is 0.0869 e. The molecule has 0 aliphatic rings. The van der Waals surface area contributed by atoms with Crippen LogP contribution >= 0.6 is 0 Å². The summed E-state index contributed by atoms with van der Waals surface area (Å²) in [6.07, 6.45) is -0.398. The van der Waals surface area contributed by atoms with E-state index in [1.165, 1.54) is 0 Å². The first kappa shape index (κ1) is 15.8. The summed E-state index contributed by atoms with van der Waals surface area (Å²) in [6.45, 7) is 4.00. The summed E-state index contributed by atoms with van der Waals surface area (Å²) >= 11 is 0. The van der Waals surface area contributed by atoms with E-state index in [2.05, 4.69) is 5.32 Å². The summed E-state index contributed by atoms with van der Waals surface area (Å²) in [4.78, 5) is 3.88. The standard InChI is InChI=1S/C11H27N3O2/c1-11(16,9-14(4)5)8-12-6-10(15)7-13(2)3/h10,12,15-16H,6-9H2,1-5H3. The van der Waals surface area contributed by atoms with Gasteiger partial charge in [-0.25, -0.2) is 0 Å². The van der Waals surface area contributed by atoms with Gasteiger partial charge in [0.15, 0.2) is 0 Å². The number of hydrogen-bond donors (Lipinski definition) is 3. The van der Waals surface area contributed by atoms with Gasteiger partial charge in [-0.2, -0.15) is 0 Å². The number of rotatable bonds is 8. The van der Waals surface area contributed by atoms with Crippen LogP contribution in [0.15, 0.2) is 0 Å². The van der Waals surface area contributed by atoms with Crippen LogP contribution in [0, 0.1) is 0 Å². The van der Waals surface area contributed by atoms with Crippen molar-refractivity contribution in [1.29, 1.82) is 0 Å². The molecule has 98 valence electrons. The molecule has 2 atom stereocenters. The van der Waals surface area contributed by atoms with Crippen molar-refractivity contribution in [2.24, 2.45) is 0 Å². The molecule has 0 saturated heterocycles. The number of nitrogens with zero attached hydrogens (tertiary/aromatic N) is 2. The molecule has 0 amide bonds. The van der Waals surface area contributed by atoms with E-state index in [1.54, 1.807) is 6.92 Å². The Morgan fingerprint density at radius 3 is 2.19 bits per heavy atom. The molecule has 0 aromatic rings. The fraction of sp³-hybridized carbons (Fsp3) is 1.00. The van der Waals surface area contributed by atoms with Gasteiger partial charge in [0, 0.05) is 26.2 Å². The molecule has 0 radical (unpaired) electrons. The molecular weight excluding hydrogens is 206 g/mol. The molecule has 0 spiro atoms. The molecule has 0 bridgehead atoms. The first-order valence-electron chi connectivity index (χ1n) is 5.63. The number of aliphatic hydroxyl groups excluding tert-OH is 1.